The van der Waals surface area contributed by atoms with E-state index in [-0.39, 0.29) is 5.91 Å². The molecule has 1 aliphatic heterocycles. The van der Waals surface area contributed by atoms with E-state index in [1.54, 1.807) is 4.52 Å². The van der Waals surface area contributed by atoms with E-state index >= 15 is 0 Å². The highest BCUT2D eigenvalue weighted by molar-refractivity contribution is 5.87. The highest BCUT2D eigenvalue weighted by Crippen LogP contribution is 2.27. The van der Waals surface area contributed by atoms with Crippen molar-refractivity contribution in [1.29, 1.82) is 0 Å². The fourth-order valence-electron chi connectivity index (χ4n) is 3.65. The number of rotatable bonds is 3. The Morgan fingerprint density at radius 2 is 1.78 bits per heavy atom. The van der Waals surface area contributed by atoms with Gasteiger partial charge in [0.2, 0.25) is 5.91 Å². The first kappa shape index (κ1) is 17.5. The Balaban J connectivity index is 1.50. The molecule has 1 fully saturated rings. The molecule has 0 spiro atoms. The standard InChI is InChI=1S/C20H24N6O/c1-15-13-17(26-19(23-15)21-14-22-26)24-9-11-25(12-10-24)18(27)20(2,3)16-7-5-4-6-8-16/h4-8,13-14H,9-12H2,1-3H3. The van der Waals surface area contributed by atoms with Crippen LogP contribution in [0.1, 0.15) is 25.1 Å². The number of anilines is 1. The van der Waals surface area contributed by atoms with E-state index in [1.165, 1.54) is 6.33 Å². The van der Waals surface area contributed by atoms with Crippen molar-refractivity contribution in [2.24, 2.45) is 0 Å². The maximum Gasteiger partial charge on any atom is 0.254 e. The molecular weight excluding hydrogens is 340 g/mol. The van der Waals surface area contributed by atoms with E-state index in [0.717, 1.165) is 30.2 Å². The van der Waals surface area contributed by atoms with Gasteiger partial charge in [0, 0.05) is 37.9 Å². The van der Waals surface area contributed by atoms with Crippen molar-refractivity contribution in [3.8, 4) is 0 Å². The van der Waals surface area contributed by atoms with Crippen molar-refractivity contribution in [3.05, 3.63) is 54.0 Å². The second-order valence-corrected chi connectivity index (χ2v) is 7.50. The van der Waals surface area contributed by atoms with Gasteiger partial charge in [-0.2, -0.15) is 14.6 Å². The summed E-state index contributed by atoms with van der Waals surface area (Å²) < 4.78 is 1.76. The molecule has 0 N–H and O–H groups in total. The summed E-state index contributed by atoms with van der Waals surface area (Å²) in [6, 6.07) is 12.0. The predicted molar refractivity (Wildman–Crippen MR) is 104 cm³/mol. The normalized spacial score (nSPS) is 15.4. The second-order valence-electron chi connectivity index (χ2n) is 7.50. The van der Waals surface area contributed by atoms with E-state index in [0.29, 0.717) is 18.9 Å². The number of fused-ring (bicyclic) bond motifs is 1. The molecular formula is C20H24N6O. The fraction of sp³-hybridized carbons (Fsp3) is 0.400. The molecule has 0 saturated carbocycles. The highest BCUT2D eigenvalue weighted by atomic mass is 16.2. The van der Waals surface area contributed by atoms with E-state index < -0.39 is 5.41 Å². The summed E-state index contributed by atoms with van der Waals surface area (Å²) in [7, 11) is 0. The minimum atomic E-state index is -0.532. The summed E-state index contributed by atoms with van der Waals surface area (Å²) in [5.74, 6) is 1.75. The third-order valence-electron chi connectivity index (χ3n) is 5.28. The molecule has 1 amide bonds. The van der Waals surface area contributed by atoms with E-state index in [9.17, 15) is 4.79 Å². The summed E-state index contributed by atoms with van der Waals surface area (Å²) in [6.45, 7) is 8.86. The Morgan fingerprint density at radius 1 is 1.07 bits per heavy atom. The van der Waals surface area contributed by atoms with Crippen molar-refractivity contribution in [1.82, 2.24) is 24.5 Å². The molecule has 1 aromatic carbocycles. The van der Waals surface area contributed by atoms with Crippen LogP contribution in [0.2, 0.25) is 0 Å². The van der Waals surface area contributed by atoms with Gasteiger partial charge in [-0.15, -0.1) is 0 Å². The fourth-order valence-corrected chi connectivity index (χ4v) is 3.65. The van der Waals surface area contributed by atoms with Gasteiger partial charge in [0.15, 0.2) is 0 Å². The van der Waals surface area contributed by atoms with Crippen LogP contribution in [0.25, 0.3) is 5.78 Å². The first-order valence-corrected chi connectivity index (χ1v) is 9.24. The Kier molecular flexibility index (Phi) is 4.30. The molecule has 7 heteroatoms. The van der Waals surface area contributed by atoms with Gasteiger partial charge in [-0.05, 0) is 26.3 Å². The number of hydrogen-bond donors (Lipinski definition) is 0. The lowest BCUT2D eigenvalue weighted by Crippen LogP contribution is -2.53. The van der Waals surface area contributed by atoms with Gasteiger partial charge >= 0.3 is 0 Å². The third kappa shape index (κ3) is 3.13. The lowest BCUT2D eigenvalue weighted by atomic mass is 9.83. The second kappa shape index (κ2) is 6.64. The first-order chi connectivity index (χ1) is 13.0. The van der Waals surface area contributed by atoms with Crippen LogP contribution in [-0.4, -0.2) is 56.6 Å². The number of carbonyl (C=O) groups is 1. The average molecular weight is 364 g/mol. The summed E-state index contributed by atoms with van der Waals surface area (Å²) >= 11 is 0. The number of carbonyl (C=O) groups excluding carboxylic acids is 1. The first-order valence-electron chi connectivity index (χ1n) is 9.24. The van der Waals surface area contributed by atoms with Crippen LogP contribution in [0.3, 0.4) is 0 Å². The lowest BCUT2D eigenvalue weighted by Gasteiger charge is -2.39. The lowest BCUT2D eigenvalue weighted by molar-refractivity contribution is -0.136. The number of piperazine rings is 1. The van der Waals surface area contributed by atoms with Crippen molar-refractivity contribution >= 4 is 17.5 Å². The number of hydrogen-bond acceptors (Lipinski definition) is 5. The van der Waals surface area contributed by atoms with Crippen molar-refractivity contribution in [3.63, 3.8) is 0 Å². The van der Waals surface area contributed by atoms with Gasteiger partial charge in [0.05, 0.1) is 5.41 Å². The van der Waals surface area contributed by atoms with Crippen LogP contribution in [0.4, 0.5) is 5.82 Å². The molecule has 4 rings (SSSR count). The molecule has 0 unspecified atom stereocenters. The Hall–Kier alpha value is -2.96. The van der Waals surface area contributed by atoms with Gasteiger partial charge in [-0.1, -0.05) is 30.3 Å². The van der Waals surface area contributed by atoms with Gasteiger partial charge in [-0.25, -0.2) is 4.98 Å². The van der Waals surface area contributed by atoms with Gasteiger partial charge in [-0.3, -0.25) is 4.79 Å². The number of nitrogens with zero attached hydrogens (tertiary/aromatic N) is 6. The minimum absolute atomic E-state index is 0.171. The van der Waals surface area contributed by atoms with E-state index in [1.807, 2.05) is 62.1 Å². The summed E-state index contributed by atoms with van der Waals surface area (Å²) in [5.41, 5.74) is 1.43. The van der Waals surface area contributed by atoms with Gasteiger partial charge in [0.25, 0.3) is 5.78 Å². The molecule has 0 aliphatic carbocycles. The van der Waals surface area contributed by atoms with Gasteiger partial charge in [0.1, 0.15) is 12.1 Å². The smallest absolute Gasteiger partial charge is 0.254 e. The zero-order chi connectivity index (χ0) is 19.0. The zero-order valence-electron chi connectivity index (χ0n) is 16.0. The summed E-state index contributed by atoms with van der Waals surface area (Å²) in [6.07, 6.45) is 1.52. The van der Waals surface area contributed by atoms with Crippen LogP contribution in [0, 0.1) is 6.92 Å². The van der Waals surface area contributed by atoms with Crippen LogP contribution < -0.4 is 4.90 Å². The quantitative estimate of drug-likeness (QED) is 0.712. The van der Waals surface area contributed by atoms with Crippen LogP contribution in [0.15, 0.2) is 42.7 Å². The maximum atomic E-state index is 13.2. The molecule has 27 heavy (non-hydrogen) atoms. The SMILES string of the molecule is Cc1cc(N2CCN(C(=O)C(C)(C)c3ccccc3)CC2)n2ncnc2n1. The topological polar surface area (TPSA) is 66.6 Å². The molecule has 1 saturated heterocycles. The maximum absolute atomic E-state index is 13.2. The van der Waals surface area contributed by atoms with Crippen molar-refractivity contribution < 1.29 is 4.79 Å². The van der Waals surface area contributed by atoms with Gasteiger partial charge < -0.3 is 9.80 Å². The molecule has 3 aromatic rings. The highest BCUT2D eigenvalue weighted by Gasteiger charge is 2.35. The minimum Gasteiger partial charge on any atom is -0.353 e. The largest absolute Gasteiger partial charge is 0.353 e. The summed E-state index contributed by atoms with van der Waals surface area (Å²) in [4.78, 5) is 26.0. The van der Waals surface area contributed by atoms with Crippen molar-refractivity contribution in [2.75, 3.05) is 31.1 Å². The monoisotopic (exact) mass is 364 g/mol. The zero-order valence-corrected chi connectivity index (χ0v) is 16.0. The Morgan fingerprint density at radius 3 is 2.48 bits per heavy atom. The van der Waals surface area contributed by atoms with Crippen molar-refractivity contribution in [2.45, 2.75) is 26.2 Å². The third-order valence-corrected chi connectivity index (χ3v) is 5.28. The number of aromatic nitrogens is 4. The van der Waals surface area contributed by atoms with Crippen LogP contribution in [0.5, 0.6) is 0 Å². The number of aryl methyl sites for hydroxylation is 1. The van der Waals surface area contributed by atoms with E-state index in [4.69, 9.17) is 0 Å². The Bertz CT molecular complexity index is 957. The molecule has 140 valence electrons. The summed E-state index contributed by atoms with van der Waals surface area (Å²) in [5, 5.41) is 4.29. The van der Waals surface area contributed by atoms with Crippen LogP contribution in [-0.2, 0) is 10.2 Å². The Labute approximate surface area is 158 Å². The molecule has 0 radical (unpaired) electrons. The van der Waals surface area contributed by atoms with Crippen LogP contribution >= 0.6 is 0 Å². The molecule has 7 nitrogen and oxygen atoms in total. The molecule has 1 aliphatic rings. The predicted octanol–water partition coefficient (Wildman–Crippen LogP) is 2.06. The van der Waals surface area contributed by atoms with E-state index in [2.05, 4.69) is 20.0 Å². The molecule has 2 aromatic heterocycles. The molecule has 0 atom stereocenters. The molecule has 3 heterocycles. The average Bonchev–Trinajstić information content (AvgIpc) is 3.16. The number of amides is 1. The molecule has 0 bridgehead atoms. The number of benzene rings is 1.